The molecule has 1 unspecified atom stereocenters. The number of piperidine rings is 1. The Morgan fingerprint density at radius 1 is 1.24 bits per heavy atom. The molecule has 0 bridgehead atoms. The van der Waals surface area contributed by atoms with Gasteiger partial charge in [0.15, 0.2) is 0 Å². The summed E-state index contributed by atoms with van der Waals surface area (Å²) in [6.45, 7) is -0.271. The van der Waals surface area contributed by atoms with Gasteiger partial charge in [0, 0.05) is 12.6 Å². The summed E-state index contributed by atoms with van der Waals surface area (Å²) in [5, 5.41) is 9.27. The summed E-state index contributed by atoms with van der Waals surface area (Å²) in [7, 11) is -4.28. The number of benzene rings is 1. The van der Waals surface area contributed by atoms with E-state index in [1.54, 1.807) is 0 Å². The third-order valence-corrected chi connectivity index (χ3v) is 5.57. The first kappa shape index (κ1) is 16.3. The molecule has 21 heavy (non-hydrogen) atoms. The van der Waals surface area contributed by atoms with Crippen LogP contribution < -0.4 is 0 Å². The molecule has 4 nitrogen and oxygen atoms in total. The van der Waals surface area contributed by atoms with Crippen LogP contribution in [0.4, 0.5) is 13.2 Å². The van der Waals surface area contributed by atoms with Crippen LogP contribution in [-0.4, -0.2) is 37.0 Å². The van der Waals surface area contributed by atoms with Crippen LogP contribution >= 0.6 is 0 Å². The van der Waals surface area contributed by atoms with Crippen molar-refractivity contribution >= 4 is 10.0 Å². The summed E-state index contributed by atoms with van der Waals surface area (Å²) in [6, 6.07) is 3.47. The van der Waals surface area contributed by atoms with E-state index in [4.69, 9.17) is 0 Å². The summed E-state index contributed by atoms with van der Waals surface area (Å²) >= 11 is 0. The molecule has 1 aromatic rings. The maximum atomic E-state index is 13.0. The number of hydrogen-bond donors (Lipinski definition) is 1. The van der Waals surface area contributed by atoms with Gasteiger partial charge < -0.3 is 5.11 Å². The van der Waals surface area contributed by atoms with Crippen LogP contribution in [0.15, 0.2) is 29.2 Å². The smallest absolute Gasteiger partial charge is 0.395 e. The molecular weight excluding hydrogens is 307 g/mol. The Morgan fingerprint density at radius 3 is 2.52 bits per heavy atom. The number of aliphatic hydroxyl groups is 1. The van der Waals surface area contributed by atoms with Gasteiger partial charge in [-0.3, -0.25) is 0 Å². The molecular formula is C13H16F3NO3S. The maximum Gasteiger partial charge on any atom is 0.417 e. The fourth-order valence-corrected chi connectivity index (χ4v) is 4.42. The van der Waals surface area contributed by atoms with E-state index < -0.39 is 39.3 Å². The number of alkyl halides is 3. The highest BCUT2D eigenvalue weighted by Crippen LogP contribution is 2.36. The predicted molar refractivity (Wildman–Crippen MR) is 70.1 cm³/mol. The van der Waals surface area contributed by atoms with E-state index in [0.717, 1.165) is 28.9 Å². The molecule has 118 valence electrons. The van der Waals surface area contributed by atoms with Gasteiger partial charge in [-0.15, -0.1) is 0 Å². The Bertz CT molecular complexity index is 601. The van der Waals surface area contributed by atoms with E-state index in [1.807, 2.05) is 0 Å². The molecule has 0 amide bonds. The van der Waals surface area contributed by atoms with Gasteiger partial charge in [0.25, 0.3) is 0 Å². The second-order valence-electron chi connectivity index (χ2n) is 4.94. The minimum absolute atomic E-state index is 0.125. The summed E-state index contributed by atoms with van der Waals surface area (Å²) in [4.78, 5) is -0.752. The molecule has 2 rings (SSSR count). The SMILES string of the molecule is O=S(=O)(c1ccccc1C(F)(F)F)N1CCCCC1CO. The van der Waals surface area contributed by atoms with Crippen LogP contribution in [0.5, 0.6) is 0 Å². The van der Waals surface area contributed by atoms with Gasteiger partial charge in [0.2, 0.25) is 10.0 Å². The van der Waals surface area contributed by atoms with Crippen LogP contribution in [0.2, 0.25) is 0 Å². The molecule has 0 aliphatic carbocycles. The Labute approximate surface area is 121 Å². The van der Waals surface area contributed by atoms with Crippen LogP contribution in [-0.2, 0) is 16.2 Å². The van der Waals surface area contributed by atoms with E-state index >= 15 is 0 Å². The van der Waals surface area contributed by atoms with Crippen molar-refractivity contribution in [2.24, 2.45) is 0 Å². The molecule has 1 N–H and O–H groups in total. The molecule has 1 saturated heterocycles. The standard InChI is InChI=1S/C13H16F3NO3S/c14-13(15,16)11-6-1-2-7-12(11)21(19,20)17-8-4-3-5-10(17)9-18/h1-2,6-7,10,18H,3-5,8-9H2. The average molecular weight is 323 g/mol. The van der Waals surface area contributed by atoms with Crippen LogP contribution in [0.1, 0.15) is 24.8 Å². The Balaban J connectivity index is 2.49. The predicted octanol–water partition coefficient (Wildman–Crippen LogP) is 2.24. The Kier molecular flexibility index (Phi) is 4.60. The Hall–Kier alpha value is -1.12. The summed E-state index contributed by atoms with van der Waals surface area (Å²) in [5.41, 5.74) is -1.17. The molecule has 0 saturated carbocycles. The van der Waals surface area contributed by atoms with Crippen LogP contribution in [0.25, 0.3) is 0 Å². The highest BCUT2D eigenvalue weighted by molar-refractivity contribution is 7.89. The number of hydrogen-bond acceptors (Lipinski definition) is 3. The fourth-order valence-electron chi connectivity index (χ4n) is 2.53. The number of nitrogens with zero attached hydrogens (tertiary/aromatic N) is 1. The number of sulfonamides is 1. The maximum absolute atomic E-state index is 13.0. The summed E-state index contributed by atoms with van der Waals surface area (Å²) in [6.07, 6.45) is -2.97. The third kappa shape index (κ3) is 3.22. The second-order valence-corrected chi connectivity index (χ2v) is 6.80. The number of rotatable bonds is 3. The lowest BCUT2D eigenvalue weighted by molar-refractivity contribution is -0.139. The number of aliphatic hydroxyl groups excluding tert-OH is 1. The van der Waals surface area contributed by atoms with E-state index in [0.29, 0.717) is 12.8 Å². The molecule has 1 aliphatic heterocycles. The first-order chi connectivity index (χ1) is 9.78. The van der Waals surface area contributed by atoms with Crippen molar-refractivity contribution in [1.29, 1.82) is 0 Å². The normalized spacial score (nSPS) is 21.4. The van der Waals surface area contributed by atoms with Gasteiger partial charge in [-0.25, -0.2) is 8.42 Å². The molecule has 1 aromatic carbocycles. The number of halogens is 3. The highest BCUT2D eigenvalue weighted by Gasteiger charge is 2.40. The van der Waals surface area contributed by atoms with Crippen molar-refractivity contribution in [3.8, 4) is 0 Å². The van der Waals surface area contributed by atoms with Crippen molar-refractivity contribution in [2.75, 3.05) is 13.2 Å². The van der Waals surface area contributed by atoms with Crippen molar-refractivity contribution in [3.05, 3.63) is 29.8 Å². The third-order valence-electron chi connectivity index (χ3n) is 3.56. The summed E-state index contributed by atoms with van der Waals surface area (Å²) < 4.78 is 65.0. The van der Waals surface area contributed by atoms with E-state index in [2.05, 4.69) is 0 Å². The van der Waals surface area contributed by atoms with Crippen molar-refractivity contribution in [1.82, 2.24) is 4.31 Å². The van der Waals surface area contributed by atoms with Gasteiger partial charge in [0.1, 0.15) is 0 Å². The molecule has 1 heterocycles. The quantitative estimate of drug-likeness (QED) is 0.928. The van der Waals surface area contributed by atoms with Gasteiger partial charge in [-0.1, -0.05) is 18.6 Å². The van der Waals surface area contributed by atoms with Crippen molar-refractivity contribution in [2.45, 2.75) is 36.4 Å². The van der Waals surface area contributed by atoms with Gasteiger partial charge in [-0.2, -0.15) is 17.5 Å². The zero-order valence-electron chi connectivity index (χ0n) is 11.2. The first-order valence-corrected chi connectivity index (χ1v) is 8.01. The molecule has 0 radical (unpaired) electrons. The zero-order valence-corrected chi connectivity index (χ0v) is 12.0. The monoisotopic (exact) mass is 323 g/mol. The van der Waals surface area contributed by atoms with Gasteiger partial charge >= 0.3 is 6.18 Å². The summed E-state index contributed by atoms with van der Waals surface area (Å²) in [5.74, 6) is 0. The van der Waals surface area contributed by atoms with Crippen LogP contribution in [0.3, 0.4) is 0 Å². The molecule has 0 aromatic heterocycles. The zero-order chi connectivity index (χ0) is 15.7. The molecule has 1 aliphatic rings. The molecule has 1 fully saturated rings. The van der Waals surface area contributed by atoms with E-state index in [-0.39, 0.29) is 6.54 Å². The lowest BCUT2D eigenvalue weighted by Crippen LogP contribution is -2.45. The topological polar surface area (TPSA) is 57.6 Å². The molecule has 8 heteroatoms. The lowest BCUT2D eigenvalue weighted by Gasteiger charge is -2.34. The fraction of sp³-hybridized carbons (Fsp3) is 0.538. The van der Waals surface area contributed by atoms with Gasteiger partial charge in [-0.05, 0) is 25.0 Å². The van der Waals surface area contributed by atoms with E-state index in [9.17, 15) is 26.7 Å². The minimum atomic E-state index is -4.74. The average Bonchev–Trinajstić information content (AvgIpc) is 2.46. The lowest BCUT2D eigenvalue weighted by atomic mass is 10.1. The first-order valence-electron chi connectivity index (χ1n) is 6.57. The second kappa shape index (κ2) is 5.94. The molecule has 1 atom stereocenters. The highest BCUT2D eigenvalue weighted by atomic mass is 32.2. The van der Waals surface area contributed by atoms with E-state index in [1.165, 1.54) is 6.07 Å². The molecule has 0 spiro atoms. The minimum Gasteiger partial charge on any atom is -0.395 e. The van der Waals surface area contributed by atoms with Crippen molar-refractivity contribution < 1.29 is 26.7 Å². The van der Waals surface area contributed by atoms with Crippen molar-refractivity contribution in [3.63, 3.8) is 0 Å². The Morgan fingerprint density at radius 2 is 1.90 bits per heavy atom. The van der Waals surface area contributed by atoms with Crippen LogP contribution in [0, 0.1) is 0 Å². The largest absolute Gasteiger partial charge is 0.417 e. The van der Waals surface area contributed by atoms with Gasteiger partial charge in [0.05, 0.1) is 17.1 Å².